The van der Waals surface area contributed by atoms with Crippen molar-refractivity contribution < 1.29 is 18.4 Å². The lowest BCUT2D eigenvalue weighted by molar-refractivity contribution is 0.0706. The van der Waals surface area contributed by atoms with Crippen LogP contribution in [0, 0.1) is 0 Å². The van der Waals surface area contributed by atoms with Crippen molar-refractivity contribution in [3.8, 4) is 0 Å². The monoisotopic (exact) mass is 399 g/mol. The van der Waals surface area contributed by atoms with E-state index in [1.54, 1.807) is 23.7 Å². The van der Waals surface area contributed by atoms with Crippen molar-refractivity contribution in [3.05, 3.63) is 66.2 Å². The molecule has 3 aromatic carbocycles. The van der Waals surface area contributed by atoms with Crippen LogP contribution in [0.25, 0.3) is 10.8 Å². The molecule has 0 saturated heterocycles. The maximum absolute atomic E-state index is 13.3. The van der Waals surface area contributed by atoms with E-state index in [0.717, 1.165) is 11.1 Å². The molecule has 0 aliphatic carbocycles. The molecular weight excluding hydrogens is 378 g/mol. The average molecular weight is 399 g/mol. The summed E-state index contributed by atoms with van der Waals surface area (Å²) in [6.07, 6.45) is 0. The summed E-state index contributed by atoms with van der Waals surface area (Å²) in [7, 11) is 1.45. The fourth-order valence-electron chi connectivity index (χ4n) is 3.05. The standard InChI is InChI=1S/C20H21N3O4S/c1-22(2)18-8-4-7-17-16(18)6-5-9-19(17)28(26,27)23(3)15-12-10-14(11-13-15)20(24)21-25/h4-13,25H,1-3H3,(H,21,24). The Bertz CT molecular complexity index is 1130. The van der Waals surface area contributed by atoms with Gasteiger partial charge in [0.05, 0.1) is 10.6 Å². The van der Waals surface area contributed by atoms with E-state index in [0.29, 0.717) is 11.1 Å². The first-order valence-electron chi connectivity index (χ1n) is 8.50. The van der Waals surface area contributed by atoms with Gasteiger partial charge in [0.25, 0.3) is 15.9 Å². The molecule has 0 unspecified atom stereocenters. The molecule has 1 amide bonds. The van der Waals surface area contributed by atoms with Gasteiger partial charge in [0.1, 0.15) is 0 Å². The highest BCUT2D eigenvalue weighted by Gasteiger charge is 2.24. The first-order valence-corrected chi connectivity index (χ1v) is 9.94. The summed E-state index contributed by atoms with van der Waals surface area (Å²) in [4.78, 5) is 13.6. The predicted molar refractivity (Wildman–Crippen MR) is 110 cm³/mol. The Kier molecular flexibility index (Phi) is 5.26. The summed E-state index contributed by atoms with van der Waals surface area (Å²) >= 11 is 0. The van der Waals surface area contributed by atoms with Gasteiger partial charge in [-0.05, 0) is 36.4 Å². The van der Waals surface area contributed by atoms with Gasteiger partial charge in [0, 0.05) is 43.2 Å². The summed E-state index contributed by atoms with van der Waals surface area (Å²) in [5.41, 5.74) is 3.09. The number of carbonyl (C=O) groups excluding carboxylic acids is 1. The number of hydrogen-bond donors (Lipinski definition) is 2. The Morgan fingerprint density at radius 1 is 0.893 bits per heavy atom. The Morgan fingerprint density at radius 2 is 1.50 bits per heavy atom. The van der Waals surface area contributed by atoms with E-state index < -0.39 is 15.9 Å². The fraction of sp³-hybridized carbons (Fsp3) is 0.150. The molecule has 2 N–H and O–H groups in total. The van der Waals surface area contributed by atoms with Gasteiger partial charge in [0.2, 0.25) is 0 Å². The summed E-state index contributed by atoms with van der Waals surface area (Å²) in [6, 6.07) is 16.7. The topological polar surface area (TPSA) is 90.0 Å². The zero-order chi connectivity index (χ0) is 20.5. The minimum absolute atomic E-state index is 0.202. The normalized spacial score (nSPS) is 11.3. The van der Waals surface area contributed by atoms with Crippen molar-refractivity contribution in [2.75, 3.05) is 30.3 Å². The van der Waals surface area contributed by atoms with E-state index in [1.807, 2.05) is 37.2 Å². The Labute approximate surface area is 163 Å². The fourth-order valence-corrected chi connectivity index (χ4v) is 4.45. The van der Waals surface area contributed by atoms with Crippen LogP contribution in [0.5, 0.6) is 0 Å². The molecule has 8 heteroatoms. The quantitative estimate of drug-likeness (QED) is 0.509. The van der Waals surface area contributed by atoms with Crippen molar-refractivity contribution in [3.63, 3.8) is 0 Å². The lowest BCUT2D eigenvalue weighted by atomic mass is 10.1. The Balaban J connectivity index is 2.08. The number of benzene rings is 3. The molecule has 0 spiro atoms. The molecule has 28 heavy (non-hydrogen) atoms. The molecule has 0 fully saturated rings. The van der Waals surface area contributed by atoms with E-state index in [1.165, 1.54) is 35.6 Å². The molecule has 146 valence electrons. The van der Waals surface area contributed by atoms with Crippen molar-refractivity contribution in [1.29, 1.82) is 0 Å². The molecule has 0 bridgehead atoms. The molecule has 0 aliphatic rings. The van der Waals surface area contributed by atoms with Crippen LogP contribution in [0.1, 0.15) is 10.4 Å². The minimum atomic E-state index is -3.83. The van der Waals surface area contributed by atoms with E-state index >= 15 is 0 Å². The number of nitrogens with one attached hydrogen (secondary N) is 1. The Morgan fingerprint density at radius 3 is 2.11 bits per heavy atom. The second-order valence-corrected chi connectivity index (χ2v) is 8.42. The van der Waals surface area contributed by atoms with Gasteiger partial charge in [-0.3, -0.25) is 14.3 Å². The number of hydroxylamine groups is 1. The molecule has 0 saturated carbocycles. The number of amides is 1. The number of hydrogen-bond acceptors (Lipinski definition) is 5. The molecular formula is C20H21N3O4S. The van der Waals surface area contributed by atoms with Crippen molar-refractivity contribution in [1.82, 2.24) is 5.48 Å². The number of sulfonamides is 1. The first kappa shape index (κ1) is 19.7. The zero-order valence-corrected chi connectivity index (χ0v) is 16.6. The summed E-state index contributed by atoms with van der Waals surface area (Å²) in [5.74, 6) is -0.665. The number of nitrogens with zero attached hydrogens (tertiary/aromatic N) is 2. The first-order chi connectivity index (χ1) is 13.3. The van der Waals surface area contributed by atoms with Gasteiger partial charge in [-0.2, -0.15) is 0 Å². The van der Waals surface area contributed by atoms with Gasteiger partial charge >= 0.3 is 0 Å². The summed E-state index contributed by atoms with van der Waals surface area (Å²) in [5, 5.41) is 10.2. The third kappa shape index (κ3) is 3.39. The van der Waals surface area contributed by atoms with Crippen molar-refractivity contribution >= 4 is 38.1 Å². The highest BCUT2D eigenvalue weighted by atomic mass is 32.2. The van der Waals surface area contributed by atoms with E-state index in [2.05, 4.69) is 0 Å². The number of fused-ring (bicyclic) bond motifs is 1. The van der Waals surface area contributed by atoms with Gasteiger partial charge in [0.15, 0.2) is 0 Å². The van der Waals surface area contributed by atoms with Gasteiger partial charge < -0.3 is 4.90 Å². The van der Waals surface area contributed by atoms with Crippen LogP contribution in [0.4, 0.5) is 11.4 Å². The van der Waals surface area contributed by atoms with Crippen LogP contribution >= 0.6 is 0 Å². The van der Waals surface area contributed by atoms with Crippen LogP contribution < -0.4 is 14.7 Å². The van der Waals surface area contributed by atoms with Crippen LogP contribution in [0.2, 0.25) is 0 Å². The van der Waals surface area contributed by atoms with Gasteiger partial charge in [-0.1, -0.05) is 24.3 Å². The highest BCUT2D eigenvalue weighted by Crippen LogP contribution is 2.32. The highest BCUT2D eigenvalue weighted by molar-refractivity contribution is 7.93. The smallest absolute Gasteiger partial charge is 0.274 e. The average Bonchev–Trinajstić information content (AvgIpc) is 2.71. The van der Waals surface area contributed by atoms with Crippen LogP contribution in [-0.4, -0.2) is 40.7 Å². The lowest BCUT2D eigenvalue weighted by Crippen LogP contribution is -2.27. The van der Waals surface area contributed by atoms with Crippen LogP contribution in [-0.2, 0) is 10.0 Å². The molecule has 0 aromatic heterocycles. The van der Waals surface area contributed by atoms with Crippen LogP contribution in [0.3, 0.4) is 0 Å². The molecule has 3 rings (SSSR count). The number of carbonyl (C=O) groups is 1. The second kappa shape index (κ2) is 7.49. The lowest BCUT2D eigenvalue weighted by Gasteiger charge is -2.22. The van der Waals surface area contributed by atoms with Crippen molar-refractivity contribution in [2.24, 2.45) is 0 Å². The molecule has 0 radical (unpaired) electrons. The second-order valence-electron chi connectivity index (χ2n) is 6.48. The van der Waals surface area contributed by atoms with E-state index in [-0.39, 0.29) is 10.5 Å². The maximum atomic E-state index is 13.3. The minimum Gasteiger partial charge on any atom is -0.377 e. The third-order valence-corrected chi connectivity index (χ3v) is 6.42. The number of anilines is 2. The summed E-state index contributed by atoms with van der Waals surface area (Å²) in [6.45, 7) is 0. The van der Waals surface area contributed by atoms with E-state index in [9.17, 15) is 13.2 Å². The summed E-state index contributed by atoms with van der Waals surface area (Å²) < 4.78 is 27.8. The molecule has 0 atom stereocenters. The van der Waals surface area contributed by atoms with Crippen molar-refractivity contribution in [2.45, 2.75) is 4.90 Å². The number of rotatable bonds is 5. The molecule has 0 aliphatic heterocycles. The SMILES string of the molecule is CN(C)c1cccc2c(S(=O)(=O)N(C)c3ccc(C(=O)NO)cc3)cccc12. The zero-order valence-electron chi connectivity index (χ0n) is 15.7. The predicted octanol–water partition coefficient (Wildman–Crippen LogP) is 2.85. The van der Waals surface area contributed by atoms with Crippen LogP contribution in [0.15, 0.2) is 65.6 Å². The molecule has 7 nitrogen and oxygen atoms in total. The molecule has 3 aromatic rings. The third-order valence-electron chi connectivity index (χ3n) is 4.57. The Hall–Kier alpha value is -3.10. The maximum Gasteiger partial charge on any atom is 0.274 e. The molecule has 0 heterocycles. The van der Waals surface area contributed by atoms with E-state index in [4.69, 9.17) is 5.21 Å². The van der Waals surface area contributed by atoms with Gasteiger partial charge in [-0.25, -0.2) is 13.9 Å². The largest absolute Gasteiger partial charge is 0.377 e. The van der Waals surface area contributed by atoms with Gasteiger partial charge in [-0.15, -0.1) is 0 Å².